The maximum absolute atomic E-state index is 13.4. The van der Waals surface area contributed by atoms with Crippen molar-refractivity contribution in [1.82, 2.24) is 20.1 Å². The van der Waals surface area contributed by atoms with Crippen LogP contribution in [-0.4, -0.2) is 38.4 Å². The van der Waals surface area contributed by atoms with Crippen molar-refractivity contribution in [1.29, 1.82) is 0 Å². The lowest BCUT2D eigenvalue weighted by Gasteiger charge is -2.11. The topological polar surface area (TPSA) is 88.9 Å². The van der Waals surface area contributed by atoms with E-state index in [1.165, 1.54) is 23.9 Å². The predicted octanol–water partition coefficient (Wildman–Crippen LogP) is 4.70. The second kappa shape index (κ2) is 10.1. The van der Waals surface area contributed by atoms with Crippen LogP contribution in [0.25, 0.3) is 17.1 Å². The Kier molecular flexibility index (Phi) is 6.58. The highest BCUT2D eigenvalue weighted by molar-refractivity contribution is 7.99. The van der Waals surface area contributed by atoms with Gasteiger partial charge in [0.2, 0.25) is 5.91 Å². The molecule has 1 aromatic heterocycles. The summed E-state index contributed by atoms with van der Waals surface area (Å²) in [5, 5.41) is 14.9. The first-order valence-electron chi connectivity index (χ1n) is 11.2. The van der Waals surface area contributed by atoms with E-state index in [0.717, 1.165) is 18.5 Å². The molecule has 176 valence electrons. The number of para-hydroxylation sites is 1. The van der Waals surface area contributed by atoms with Crippen molar-refractivity contribution in [2.75, 3.05) is 11.1 Å². The third kappa shape index (κ3) is 5.58. The van der Waals surface area contributed by atoms with Gasteiger partial charge in [-0.05, 0) is 67.4 Å². The molecule has 1 fully saturated rings. The van der Waals surface area contributed by atoms with Crippen molar-refractivity contribution in [2.45, 2.75) is 24.0 Å². The molecule has 5 rings (SSSR count). The monoisotopic (exact) mass is 487 g/mol. The Morgan fingerprint density at radius 3 is 2.49 bits per heavy atom. The van der Waals surface area contributed by atoms with Crippen molar-refractivity contribution >= 4 is 29.3 Å². The molecule has 0 saturated heterocycles. The number of nitrogens with one attached hydrogen (secondary N) is 2. The van der Waals surface area contributed by atoms with Gasteiger partial charge in [-0.3, -0.25) is 14.2 Å². The molecule has 0 radical (unpaired) electrons. The van der Waals surface area contributed by atoms with Gasteiger partial charge >= 0.3 is 0 Å². The molecule has 1 heterocycles. The Labute approximate surface area is 205 Å². The van der Waals surface area contributed by atoms with E-state index in [4.69, 9.17) is 0 Å². The second-order valence-electron chi connectivity index (χ2n) is 8.15. The fourth-order valence-electron chi connectivity index (χ4n) is 3.52. The van der Waals surface area contributed by atoms with Crippen LogP contribution in [0.5, 0.6) is 0 Å². The molecule has 7 nitrogen and oxygen atoms in total. The average molecular weight is 488 g/mol. The van der Waals surface area contributed by atoms with Crippen molar-refractivity contribution in [2.24, 2.45) is 0 Å². The van der Waals surface area contributed by atoms with Gasteiger partial charge < -0.3 is 10.6 Å². The lowest BCUT2D eigenvalue weighted by atomic mass is 10.2. The fourth-order valence-corrected chi connectivity index (χ4v) is 4.27. The van der Waals surface area contributed by atoms with E-state index in [0.29, 0.717) is 27.8 Å². The quantitative estimate of drug-likeness (QED) is 0.352. The normalized spacial score (nSPS) is 12.8. The molecule has 3 aromatic carbocycles. The lowest BCUT2D eigenvalue weighted by Crippen LogP contribution is -2.25. The lowest BCUT2D eigenvalue weighted by molar-refractivity contribution is -0.113. The molecule has 1 aliphatic rings. The van der Waals surface area contributed by atoms with Gasteiger partial charge in [0.25, 0.3) is 5.91 Å². The smallest absolute Gasteiger partial charge is 0.251 e. The number of thioether (sulfide) groups is 1. The maximum atomic E-state index is 13.4. The Hall–Kier alpha value is -3.98. The van der Waals surface area contributed by atoms with Crippen LogP contribution in [0.4, 0.5) is 10.1 Å². The van der Waals surface area contributed by atoms with E-state index in [2.05, 4.69) is 20.8 Å². The highest BCUT2D eigenvalue weighted by Gasteiger charge is 2.24. The summed E-state index contributed by atoms with van der Waals surface area (Å²) in [6.45, 7) is 0. The van der Waals surface area contributed by atoms with Crippen molar-refractivity contribution in [3.05, 3.63) is 90.2 Å². The van der Waals surface area contributed by atoms with Gasteiger partial charge in [-0.2, -0.15) is 0 Å². The number of aromatic nitrogens is 3. The van der Waals surface area contributed by atoms with Gasteiger partial charge in [0.1, 0.15) is 5.82 Å². The first kappa shape index (κ1) is 22.8. The molecule has 0 bridgehead atoms. The number of hydrogen-bond acceptors (Lipinski definition) is 5. The van der Waals surface area contributed by atoms with Crippen LogP contribution in [0.1, 0.15) is 23.2 Å². The van der Waals surface area contributed by atoms with Gasteiger partial charge in [-0.25, -0.2) is 4.39 Å². The first-order valence-corrected chi connectivity index (χ1v) is 12.2. The van der Waals surface area contributed by atoms with Crippen molar-refractivity contribution < 1.29 is 14.0 Å². The third-order valence-corrected chi connectivity index (χ3v) is 6.33. The number of benzene rings is 3. The van der Waals surface area contributed by atoms with Crippen LogP contribution < -0.4 is 10.6 Å². The largest absolute Gasteiger partial charge is 0.349 e. The summed E-state index contributed by atoms with van der Waals surface area (Å²) in [6.07, 6.45) is 2.02. The van der Waals surface area contributed by atoms with Crippen molar-refractivity contribution in [3.63, 3.8) is 0 Å². The summed E-state index contributed by atoms with van der Waals surface area (Å²) in [4.78, 5) is 25.0. The Morgan fingerprint density at radius 1 is 0.971 bits per heavy atom. The van der Waals surface area contributed by atoms with Crippen LogP contribution in [0, 0.1) is 5.82 Å². The standard InChI is InChI=1S/C26H22FN5O2S/c27-19-11-9-17(10-12-19)24-30-31-26(32(24)22-7-2-1-3-8-22)35-16-23(33)28-21-6-4-5-18(15-21)25(34)29-20-13-14-20/h1-12,15,20H,13-14,16H2,(H,28,33)(H,29,34). The van der Waals surface area contributed by atoms with E-state index < -0.39 is 0 Å². The molecule has 9 heteroatoms. The number of nitrogens with zero attached hydrogens (tertiary/aromatic N) is 3. The number of anilines is 1. The van der Waals surface area contributed by atoms with E-state index in [9.17, 15) is 14.0 Å². The molecule has 0 atom stereocenters. The first-order chi connectivity index (χ1) is 17.1. The van der Waals surface area contributed by atoms with Crippen LogP contribution in [-0.2, 0) is 4.79 Å². The molecule has 35 heavy (non-hydrogen) atoms. The second-order valence-corrected chi connectivity index (χ2v) is 9.09. The Morgan fingerprint density at radius 2 is 1.74 bits per heavy atom. The zero-order valence-electron chi connectivity index (χ0n) is 18.6. The molecule has 2 amide bonds. The van der Waals surface area contributed by atoms with Gasteiger partial charge in [0, 0.05) is 28.5 Å². The third-order valence-electron chi connectivity index (χ3n) is 5.40. The van der Waals surface area contributed by atoms with E-state index in [1.807, 2.05) is 34.9 Å². The minimum absolute atomic E-state index is 0.0902. The summed E-state index contributed by atoms with van der Waals surface area (Å²) >= 11 is 1.24. The number of amides is 2. The van der Waals surface area contributed by atoms with Crippen LogP contribution in [0.15, 0.2) is 84.0 Å². The molecule has 0 spiro atoms. The minimum atomic E-state index is -0.333. The van der Waals surface area contributed by atoms with Gasteiger partial charge in [-0.15, -0.1) is 10.2 Å². The number of rotatable bonds is 8. The van der Waals surface area contributed by atoms with Crippen LogP contribution in [0.3, 0.4) is 0 Å². The molecular weight excluding hydrogens is 465 g/mol. The molecule has 4 aromatic rings. The summed E-state index contributed by atoms with van der Waals surface area (Å²) in [6, 6.07) is 22.7. The summed E-state index contributed by atoms with van der Waals surface area (Å²) in [7, 11) is 0. The number of halogens is 1. The average Bonchev–Trinajstić information content (AvgIpc) is 3.59. The SMILES string of the molecule is O=C(CSc1nnc(-c2ccc(F)cc2)n1-c1ccccc1)Nc1cccc(C(=O)NC2CC2)c1. The molecule has 2 N–H and O–H groups in total. The zero-order valence-corrected chi connectivity index (χ0v) is 19.5. The molecule has 1 saturated carbocycles. The summed E-state index contributed by atoms with van der Waals surface area (Å²) in [5.74, 6) is -0.0660. The van der Waals surface area contributed by atoms with Crippen LogP contribution >= 0.6 is 11.8 Å². The van der Waals surface area contributed by atoms with Gasteiger partial charge in [0.05, 0.1) is 5.75 Å². The van der Waals surface area contributed by atoms with Crippen molar-refractivity contribution in [3.8, 4) is 17.1 Å². The van der Waals surface area contributed by atoms with Crippen LogP contribution in [0.2, 0.25) is 0 Å². The number of carbonyl (C=O) groups excluding carboxylic acids is 2. The molecule has 0 aliphatic heterocycles. The minimum Gasteiger partial charge on any atom is -0.349 e. The molecular formula is C26H22FN5O2S. The fraction of sp³-hybridized carbons (Fsp3) is 0.154. The number of carbonyl (C=O) groups is 2. The molecule has 0 unspecified atom stereocenters. The highest BCUT2D eigenvalue weighted by atomic mass is 32.2. The number of hydrogen-bond donors (Lipinski definition) is 2. The van der Waals surface area contributed by atoms with E-state index in [1.54, 1.807) is 36.4 Å². The predicted molar refractivity (Wildman–Crippen MR) is 133 cm³/mol. The Bertz CT molecular complexity index is 1350. The van der Waals surface area contributed by atoms with E-state index in [-0.39, 0.29) is 29.4 Å². The molecule has 1 aliphatic carbocycles. The summed E-state index contributed by atoms with van der Waals surface area (Å²) in [5.41, 5.74) is 2.60. The van der Waals surface area contributed by atoms with E-state index >= 15 is 0 Å². The summed E-state index contributed by atoms with van der Waals surface area (Å²) < 4.78 is 15.3. The van der Waals surface area contributed by atoms with Gasteiger partial charge in [-0.1, -0.05) is 36.0 Å². The zero-order chi connectivity index (χ0) is 24.2. The highest BCUT2D eigenvalue weighted by Crippen LogP contribution is 2.28. The maximum Gasteiger partial charge on any atom is 0.251 e. The Balaban J connectivity index is 1.31. The van der Waals surface area contributed by atoms with Gasteiger partial charge in [0.15, 0.2) is 11.0 Å².